The first-order valence-electron chi connectivity index (χ1n) is 11.9. The summed E-state index contributed by atoms with van der Waals surface area (Å²) in [6.07, 6.45) is 32.4. The summed E-state index contributed by atoms with van der Waals surface area (Å²) in [6, 6.07) is 0. The van der Waals surface area contributed by atoms with Gasteiger partial charge in [-0.05, 0) is 0 Å². The molecular formula is C24H53Al. The highest BCUT2D eigenvalue weighted by molar-refractivity contribution is 5.75. The fourth-order valence-corrected chi connectivity index (χ4v) is 3.68. The van der Waals surface area contributed by atoms with E-state index in [2.05, 4.69) is 13.8 Å². The van der Waals surface area contributed by atoms with Gasteiger partial charge in [0.05, 0.1) is 0 Å². The molecule has 0 N–H and O–H groups in total. The largest absolute Gasteiger partial charge is 0.187 e. The van der Waals surface area contributed by atoms with Crippen LogP contribution >= 0.6 is 0 Å². The number of hydrogen-bond donors (Lipinski definition) is 0. The zero-order valence-electron chi connectivity index (χ0n) is 17.6. The topological polar surface area (TPSA) is 0 Å². The van der Waals surface area contributed by atoms with Crippen LogP contribution in [0.5, 0.6) is 0 Å². The van der Waals surface area contributed by atoms with E-state index in [-0.39, 0.29) is 17.4 Å². The summed E-state index contributed by atoms with van der Waals surface area (Å²) in [6.45, 7) is 4.60. The van der Waals surface area contributed by atoms with E-state index in [0.29, 0.717) is 0 Å². The van der Waals surface area contributed by atoms with Gasteiger partial charge in [0.1, 0.15) is 0 Å². The van der Waals surface area contributed by atoms with E-state index in [1.165, 1.54) is 141 Å². The van der Waals surface area contributed by atoms with E-state index in [4.69, 9.17) is 0 Å². The second-order valence-electron chi connectivity index (χ2n) is 8.07. The average Bonchev–Trinajstić information content (AvgIpc) is 2.60. The van der Waals surface area contributed by atoms with Crippen LogP contribution in [-0.2, 0) is 0 Å². The third kappa shape index (κ3) is 26.9. The van der Waals surface area contributed by atoms with Crippen LogP contribution in [0.1, 0.15) is 155 Å². The molecule has 25 heavy (non-hydrogen) atoms. The summed E-state index contributed by atoms with van der Waals surface area (Å²) in [5.41, 5.74) is 0. The maximum atomic E-state index is 2.30. The van der Waals surface area contributed by atoms with Gasteiger partial charge in [-0.1, -0.05) is 155 Å². The molecule has 152 valence electrons. The highest BCUT2D eigenvalue weighted by atomic mass is 27.0. The first-order valence-corrected chi connectivity index (χ1v) is 11.9. The molecule has 0 amide bonds. The molecular weight excluding hydrogens is 315 g/mol. The number of hydrogen-bond acceptors (Lipinski definition) is 0. The molecule has 0 fully saturated rings. The van der Waals surface area contributed by atoms with Crippen LogP contribution in [0.25, 0.3) is 0 Å². The van der Waals surface area contributed by atoms with Gasteiger partial charge in [0.2, 0.25) is 0 Å². The van der Waals surface area contributed by atoms with Crippen LogP contribution in [0.3, 0.4) is 0 Å². The minimum absolute atomic E-state index is 0. The fraction of sp³-hybridized carbons (Fsp3) is 1.00. The molecule has 0 aliphatic rings. The van der Waals surface area contributed by atoms with Crippen molar-refractivity contribution in [2.45, 2.75) is 155 Å². The molecule has 0 rings (SSSR count). The van der Waals surface area contributed by atoms with Gasteiger partial charge in [-0.2, -0.15) is 0 Å². The van der Waals surface area contributed by atoms with Crippen molar-refractivity contribution in [2.75, 3.05) is 0 Å². The first-order chi connectivity index (χ1) is 11.9. The first kappa shape index (κ1) is 27.7. The summed E-state index contributed by atoms with van der Waals surface area (Å²) < 4.78 is 0. The SMILES string of the molecule is CCCCCCCCCCCCCCCCCCCCCCCC.[AlH3]. The molecule has 0 aliphatic heterocycles. The van der Waals surface area contributed by atoms with Crippen molar-refractivity contribution in [2.24, 2.45) is 0 Å². The Balaban J connectivity index is 0. The molecule has 0 aliphatic carbocycles. The van der Waals surface area contributed by atoms with Crippen LogP contribution in [0, 0.1) is 0 Å². The summed E-state index contributed by atoms with van der Waals surface area (Å²) in [5, 5.41) is 0. The van der Waals surface area contributed by atoms with Crippen molar-refractivity contribution in [1.29, 1.82) is 0 Å². The zero-order chi connectivity index (χ0) is 17.6. The standard InChI is InChI=1S/C24H50.Al.3H/c1-3-5-7-9-11-13-15-17-19-21-23-24-22-20-18-16-14-12-10-8-6-4-2;;;;/h3-24H2,1-2H3;;;;. The Morgan fingerprint density at radius 2 is 0.360 bits per heavy atom. The van der Waals surface area contributed by atoms with Gasteiger partial charge < -0.3 is 0 Å². The van der Waals surface area contributed by atoms with Crippen molar-refractivity contribution in [3.8, 4) is 0 Å². The van der Waals surface area contributed by atoms with Gasteiger partial charge >= 0.3 is 0 Å². The zero-order valence-corrected chi connectivity index (χ0v) is 17.6. The number of unbranched alkanes of at least 4 members (excludes halogenated alkanes) is 21. The number of rotatable bonds is 21. The molecule has 0 saturated heterocycles. The minimum atomic E-state index is 0. The summed E-state index contributed by atoms with van der Waals surface area (Å²) >= 11 is 0. The Hall–Kier alpha value is 0.532. The highest BCUT2D eigenvalue weighted by Crippen LogP contribution is 2.15. The Morgan fingerprint density at radius 3 is 0.480 bits per heavy atom. The van der Waals surface area contributed by atoms with Crippen molar-refractivity contribution >= 4 is 17.4 Å². The fourth-order valence-electron chi connectivity index (χ4n) is 3.68. The minimum Gasteiger partial charge on any atom is -0.0654 e. The lowest BCUT2D eigenvalue weighted by molar-refractivity contribution is 0.520. The molecule has 0 aromatic carbocycles. The molecule has 0 atom stereocenters. The molecule has 0 aromatic rings. The Labute approximate surface area is 172 Å². The molecule has 0 spiro atoms. The lowest BCUT2D eigenvalue weighted by Crippen LogP contribution is -1.84. The molecule has 0 aromatic heterocycles. The Morgan fingerprint density at radius 1 is 0.240 bits per heavy atom. The second-order valence-corrected chi connectivity index (χ2v) is 8.07. The van der Waals surface area contributed by atoms with Gasteiger partial charge in [-0.25, -0.2) is 0 Å². The van der Waals surface area contributed by atoms with Crippen molar-refractivity contribution in [3.63, 3.8) is 0 Å². The van der Waals surface area contributed by atoms with Crippen LogP contribution in [0.2, 0.25) is 0 Å². The Bertz CT molecular complexity index is 180. The summed E-state index contributed by atoms with van der Waals surface area (Å²) in [7, 11) is 0. The third-order valence-electron chi connectivity index (χ3n) is 5.46. The summed E-state index contributed by atoms with van der Waals surface area (Å²) in [4.78, 5) is 0. The predicted octanol–water partition coefficient (Wildman–Crippen LogP) is 8.42. The second kappa shape index (κ2) is 26.8. The molecule has 0 bridgehead atoms. The molecule has 0 heterocycles. The van der Waals surface area contributed by atoms with Crippen LogP contribution in [0.15, 0.2) is 0 Å². The van der Waals surface area contributed by atoms with E-state index < -0.39 is 0 Å². The van der Waals surface area contributed by atoms with Gasteiger partial charge in [-0.3, -0.25) is 0 Å². The summed E-state index contributed by atoms with van der Waals surface area (Å²) in [5.74, 6) is 0. The van der Waals surface area contributed by atoms with E-state index in [0.717, 1.165) is 0 Å². The van der Waals surface area contributed by atoms with Crippen LogP contribution in [0.4, 0.5) is 0 Å². The van der Waals surface area contributed by atoms with Crippen LogP contribution < -0.4 is 0 Å². The van der Waals surface area contributed by atoms with E-state index >= 15 is 0 Å². The third-order valence-corrected chi connectivity index (χ3v) is 5.46. The normalized spacial score (nSPS) is 10.8. The van der Waals surface area contributed by atoms with Gasteiger partial charge in [0.15, 0.2) is 17.4 Å². The van der Waals surface area contributed by atoms with E-state index in [1.54, 1.807) is 0 Å². The van der Waals surface area contributed by atoms with Gasteiger partial charge in [0.25, 0.3) is 0 Å². The smallest absolute Gasteiger partial charge is 0.0654 e. The monoisotopic (exact) mass is 368 g/mol. The lowest BCUT2D eigenvalue weighted by atomic mass is 10.0. The maximum absolute atomic E-state index is 2.30. The van der Waals surface area contributed by atoms with Crippen molar-refractivity contribution in [3.05, 3.63) is 0 Å². The van der Waals surface area contributed by atoms with Gasteiger partial charge in [0, 0.05) is 0 Å². The average molecular weight is 369 g/mol. The van der Waals surface area contributed by atoms with Crippen molar-refractivity contribution in [1.82, 2.24) is 0 Å². The van der Waals surface area contributed by atoms with E-state index in [1.807, 2.05) is 0 Å². The molecule has 0 radical (unpaired) electrons. The van der Waals surface area contributed by atoms with Gasteiger partial charge in [-0.15, -0.1) is 0 Å². The van der Waals surface area contributed by atoms with E-state index in [9.17, 15) is 0 Å². The lowest BCUT2D eigenvalue weighted by Gasteiger charge is -2.04. The molecule has 1 heteroatoms. The highest BCUT2D eigenvalue weighted by Gasteiger charge is 1.95. The Kier molecular flexibility index (Phi) is 29.7. The predicted molar refractivity (Wildman–Crippen MR) is 123 cm³/mol. The van der Waals surface area contributed by atoms with Crippen LogP contribution in [-0.4, -0.2) is 17.4 Å². The quantitative estimate of drug-likeness (QED) is 0.141. The van der Waals surface area contributed by atoms with Crippen molar-refractivity contribution < 1.29 is 0 Å². The molecule has 0 unspecified atom stereocenters. The molecule has 0 nitrogen and oxygen atoms in total. The maximum Gasteiger partial charge on any atom is 0.187 e. The molecule has 0 saturated carbocycles.